The summed E-state index contributed by atoms with van der Waals surface area (Å²) >= 11 is 0. The average molecular weight is 221 g/mol. The van der Waals surface area contributed by atoms with Crippen LogP contribution < -0.4 is 10.7 Å². The Morgan fingerprint density at radius 3 is 2.44 bits per heavy atom. The highest BCUT2D eigenvalue weighted by atomic mass is 16.4. The Morgan fingerprint density at radius 1 is 1.31 bits per heavy atom. The maximum absolute atomic E-state index is 11.4. The fourth-order valence-corrected chi connectivity index (χ4v) is 0.999. The van der Waals surface area contributed by atoms with Gasteiger partial charge in [0.1, 0.15) is 6.21 Å². The summed E-state index contributed by atoms with van der Waals surface area (Å²) in [5, 5.41) is 14.4. The monoisotopic (exact) mass is 221 g/mol. The van der Waals surface area contributed by atoms with E-state index in [4.69, 9.17) is 5.11 Å². The number of amides is 1. The lowest BCUT2D eigenvalue weighted by Crippen LogP contribution is -2.18. The minimum absolute atomic E-state index is 0.404. The van der Waals surface area contributed by atoms with E-state index < -0.39 is 11.9 Å². The van der Waals surface area contributed by atoms with Gasteiger partial charge in [0.05, 0.1) is 0 Å². The Labute approximate surface area is 92.0 Å². The van der Waals surface area contributed by atoms with E-state index in [2.05, 4.69) is 15.8 Å². The molecule has 0 unspecified atom stereocenters. The van der Waals surface area contributed by atoms with E-state index in [1.807, 2.05) is 0 Å². The quantitative estimate of drug-likeness (QED) is 0.511. The minimum atomic E-state index is -1.22. The van der Waals surface area contributed by atoms with Gasteiger partial charge in [-0.25, -0.2) is 10.2 Å². The molecule has 0 radical (unpaired) electrons. The summed E-state index contributed by atoms with van der Waals surface area (Å²) in [4.78, 5) is 21.5. The average Bonchev–Trinajstić information content (AvgIpc) is 2.28. The number of nitrogens with zero attached hydrogens (tertiary/aromatic N) is 1. The van der Waals surface area contributed by atoms with Crippen molar-refractivity contribution < 1.29 is 14.7 Å². The summed E-state index contributed by atoms with van der Waals surface area (Å²) in [5.74, 6) is -1.68. The number of carboxylic acids is 1. The van der Waals surface area contributed by atoms with Gasteiger partial charge in [0.25, 0.3) is 5.91 Å². The van der Waals surface area contributed by atoms with E-state index in [1.165, 1.54) is 0 Å². The molecule has 0 saturated carbocycles. The van der Waals surface area contributed by atoms with E-state index in [0.29, 0.717) is 11.8 Å². The van der Waals surface area contributed by atoms with E-state index >= 15 is 0 Å². The molecule has 0 aliphatic carbocycles. The molecular formula is C10H11N3O3. The number of hydrogen-bond donors (Lipinski definition) is 3. The fraction of sp³-hybridized carbons (Fsp3) is 0.100. The summed E-state index contributed by atoms with van der Waals surface area (Å²) in [7, 11) is 1.77. The van der Waals surface area contributed by atoms with Crippen molar-refractivity contribution in [3.63, 3.8) is 0 Å². The summed E-state index contributed by atoms with van der Waals surface area (Å²) in [5.41, 5.74) is 3.38. The Hall–Kier alpha value is -2.37. The number of nitrogens with one attached hydrogen (secondary N) is 2. The second-order valence-corrected chi connectivity index (χ2v) is 2.86. The standard InChI is InChI=1S/C10H11N3O3/c1-11-8-4-2-7(3-5-8)10(16)13-12-6-9(14)15/h2-6,11H,1H3,(H,13,16)(H,14,15). The summed E-state index contributed by atoms with van der Waals surface area (Å²) in [6.07, 6.45) is 0.611. The van der Waals surface area contributed by atoms with Crippen LogP contribution in [0.2, 0.25) is 0 Å². The molecule has 0 heterocycles. The lowest BCUT2D eigenvalue weighted by atomic mass is 10.2. The van der Waals surface area contributed by atoms with Crippen LogP contribution in [0, 0.1) is 0 Å². The Balaban J connectivity index is 2.62. The van der Waals surface area contributed by atoms with Gasteiger partial charge >= 0.3 is 5.97 Å². The van der Waals surface area contributed by atoms with Crippen molar-refractivity contribution in [1.82, 2.24) is 5.43 Å². The largest absolute Gasteiger partial charge is 0.477 e. The van der Waals surface area contributed by atoms with E-state index in [-0.39, 0.29) is 0 Å². The molecule has 6 heteroatoms. The summed E-state index contributed by atoms with van der Waals surface area (Å²) < 4.78 is 0. The van der Waals surface area contributed by atoms with Gasteiger partial charge in [-0.1, -0.05) is 0 Å². The first-order valence-corrected chi connectivity index (χ1v) is 4.47. The van der Waals surface area contributed by atoms with Gasteiger partial charge in [-0.05, 0) is 24.3 Å². The summed E-state index contributed by atoms with van der Waals surface area (Å²) in [6.45, 7) is 0. The zero-order chi connectivity index (χ0) is 12.0. The second-order valence-electron chi connectivity index (χ2n) is 2.86. The molecule has 0 spiro atoms. The number of hydrazone groups is 1. The first kappa shape index (κ1) is 11.7. The first-order valence-electron chi connectivity index (χ1n) is 4.47. The molecule has 1 rings (SSSR count). The van der Waals surface area contributed by atoms with Gasteiger partial charge in [0.2, 0.25) is 0 Å². The number of rotatable bonds is 4. The van der Waals surface area contributed by atoms with Crippen LogP contribution in [-0.4, -0.2) is 30.2 Å². The SMILES string of the molecule is CNc1ccc(C(=O)NN=CC(=O)O)cc1. The van der Waals surface area contributed by atoms with Gasteiger partial charge in [-0.15, -0.1) is 0 Å². The molecular weight excluding hydrogens is 210 g/mol. The maximum Gasteiger partial charge on any atom is 0.348 e. The number of anilines is 1. The zero-order valence-corrected chi connectivity index (χ0v) is 8.60. The second kappa shape index (κ2) is 5.50. The van der Waals surface area contributed by atoms with E-state index in [1.54, 1.807) is 31.3 Å². The maximum atomic E-state index is 11.4. The van der Waals surface area contributed by atoms with Gasteiger partial charge in [0.15, 0.2) is 0 Å². The van der Waals surface area contributed by atoms with Crippen LogP contribution in [0.15, 0.2) is 29.4 Å². The molecule has 0 atom stereocenters. The molecule has 0 fully saturated rings. The predicted molar refractivity (Wildman–Crippen MR) is 59.6 cm³/mol. The van der Waals surface area contributed by atoms with Crippen molar-refractivity contribution in [3.05, 3.63) is 29.8 Å². The fourth-order valence-electron chi connectivity index (χ4n) is 0.999. The molecule has 3 N–H and O–H groups in total. The van der Waals surface area contributed by atoms with Crippen LogP contribution in [0.3, 0.4) is 0 Å². The van der Waals surface area contributed by atoms with Crippen molar-refractivity contribution in [3.8, 4) is 0 Å². The van der Waals surface area contributed by atoms with Crippen LogP contribution in [0.4, 0.5) is 5.69 Å². The molecule has 0 saturated heterocycles. The summed E-state index contributed by atoms with van der Waals surface area (Å²) in [6, 6.07) is 6.68. The van der Waals surface area contributed by atoms with Crippen molar-refractivity contribution in [1.29, 1.82) is 0 Å². The Morgan fingerprint density at radius 2 is 1.94 bits per heavy atom. The highest BCUT2D eigenvalue weighted by Gasteiger charge is 2.03. The molecule has 1 amide bonds. The van der Waals surface area contributed by atoms with Crippen molar-refractivity contribution in [2.75, 3.05) is 12.4 Å². The van der Waals surface area contributed by atoms with Gasteiger partial charge < -0.3 is 10.4 Å². The lowest BCUT2D eigenvalue weighted by Gasteiger charge is -2.01. The van der Waals surface area contributed by atoms with Crippen LogP contribution in [0.1, 0.15) is 10.4 Å². The smallest absolute Gasteiger partial charge is 0.348 e. The first-order chi connectivity index (χ1) is 7.63. The number of carbonyl (C=O) groups is 2. The third-order valence-electron chi connectivity index (χ3n) is 1.78. The molecule has 1 aromatic rings. The normalized spacial score (nSPS) is 10.1. The third-order valence-corrected chi connectivity index (χ3v) is 1.78. The lowest BCUT2D eigenvalue weighted by molar-refractivity contribution is -0.128. The van der Waals surface area contributed by atoms with Crippen molar-refractivity contribution in [2.24, 2.45) is 5.10 Å². The molecule has 0 aliphatic heterocycles. The number of carbonyl (C=O) groups excluding carboxylic acids is 1. The van der Waals surface area contributed by atoms with Crippen LogP contribution in [-0.2, 0) is 4.79 Å². The number of benzene rings is 1. The van der Waals surface area contributed by atoms with Crippen LogP contribution >= 0.6 is 0 Å². The topological polar surface area (TPSA) is 90.8 Å². The molecule has 0 bridgehead atoms. The van der Waals surface area contributed by atoms with Crippen LogP contribution in [0.25, 0.3) is 0 Å². The molecule has 0 aliphatic rings. The molecule has 84 valence electrons. The van der Waals surface area contributed by atoms with Gasteiger partial charge in [-0.3, -0.25) is 4.79 Å². The zero-order valence-electron chi connectivity index (χ0n) is 8.60. The minimum Gasteiger partial charge on any atom is -0.477 e. The van der Waals surface area contributed by atoms with Crippen molar-refractivity contribution >= 4 is 23.8 Å². The van der Waals surface area contributed by atoms with E-state index in [9.17, 15) is 9.59 Å². The highest BCUT2D eigenvalue weighted by Crippen LogP contribution is 2.08. The Bertz CT molecular complexity index is 412. The number of carboxylic acid groups (broad SMARTS) is 1. The van der Waals surface area contributed by atoms with E-state index in [0.717, 1.165) is 5.69 Å². The Kier molecular flexibility index (Phi) is 4.02. The third kappa shape index (κ3) is 3.41. The number of aliphatic carboxylic acids is 1. The van der Waals surface area contributed by atoms with Crippen molar-refractivity contribution in [2.45, 2.75) is 0 Å². The molecule has 16 heavy (non-hydrogen) atoms. The van der Waals surface area contributed by atoms with Crippen LogP contribution in [0.5, 0.6) is 0 Å². The molecule has 1 aromatic carbocycles. The van der Waals surface area contributed by atoms with Gasteiger partial charge in [-0.2, -0.15) is 5.10 Å². The number of hydrogen-bond acceptors (Lipinski definition) is 4. The highest BCUT2D eigenvalue weighted by molar-refractivity contribution is 6.22. The van der Waals surface area contributed by atoms with Gasteiger partial charge in [0, 0.05) is 18.3 Å². The molecule has 6 nitrogen and oxygen atoms in total. The predicted octanol–water partition coefficient (Wildman–Crippen LogP) is 0.528. The molecule has 0 aromatic heterocycles.